The van der Waals surface area contributed by atoms with Gasteiger partial charge in [-0.2, -0.15) is 0 Å². The Labute approximate surface area is 198 Å². The molecule has 1 aromatic heterocycles. The molecule has 0 amide bonds. The molecule has 0 radical (unpaired) electrons. The molecule has 0 unspecified atom stereocenters. The van der Waals surface area contributed by atoms with Crippen LogP contribution in [0.3, 0.4) is 0 Å². The van der Waals surface area contributed by atoms with Gasteiger partial charge in [-0.05, 0) is 49.4 Å². The summed E-state index contributed by atoms with van der Waals surface area (Å²) in [5, 5.41) is 8.41. The van der Waals surface area contributed by atoms with Gasteiger partial charge >= 0.3 is 0 Å². The molecule has 178 valence electrons. The van der Waals surface area contributed by atoms with E-state index in [2.05, 4.69) is 47.6 Å². The topological polar surface area (TPSA) is 60.2 Å². The maximum Gasteiger partial charge on any atom is 0.135 e. The van der Waals surface area contributed by atoms with Crippen LogP contribution in [0.25, 0.3) is 0 Å². The number of carbonyl (C=O) groups is 1. The molecular weight excluding hydrogens is 420 g/mol. The number of anilines is 1. The summed E-state index contributed by atoms with van der Waals surface area (Å²) in [4.78, 5) is 11.6. The van der Waals surface area contributed by atoms with E-state index in [1.807, 2.05) is 48.8 Å². The van der Waals surface area contributed by atoms with Gasteiger partial charge in [-0.1, -0.05) is 57.7 Å². The molecule has 2 aromatic rings. The second kappa shape index (κ2) is 14.2. The predicted molar refractivity (Wildman–Crippen MR) is 134 cm³/mol. The highest BCUT2D eigenvalue weighted by molar-refractivity contribution is 8.00. The lowest BCUT2D eigenvalue weighted by Crippen LogP contribution is -2.08. The lowest BCUT2D eigenvalue weighted by molar-refractivity contribution is -0.122. The number of hydrogen-bond acceptors (Lipinski definition) is 6. The van der Waals surface area contributed by atoms with Crippen LogP contribution in [0, 0.1) is 11.8 Å². The molecule has 7 heteroatoms. The van der Waals surface area contributed by atoms with Crippen molar-refractivity contribution in [2.45, 2.75) is 79.4 Å². The molecular formula is C25H40N4O2S. The SMILES string of the molecule is CC(C)CCSN(C)c1ccc(OCc2cn(CCCCCCC(=O)C(C)C)nn2)cc1. The van der Waals surface area contributed by atoms with Crippen molar-refractivity contribution >= 4 is 23.4 Å². The molecule has 6 nitrogen and oxygen atoms in total. The zero-order valence-corrected chi connectivity index (χ0v) is 21.2. The van der Waals surface area contributed by atoms with Crippen LogP contribution in [0.4, 0.5) is 5.69 Å². The minimum absolute atomic E-state index is 0.156. The van der Waals surface area contributed by atoms with Crippen molar-refractivity contribution in [2.75, 3.05) is 17.1 Å². The predicted octanol–water partition coefficient (Wildman–Crippen LogP) is 6.16. The number of rotatable bonds is 16. The standard InChI is InChI=1S/C25H40N4O2S/c1-20(2)15-17-32-28(5)23-11-13-24(14-12-23)31-19-22-18-29(27-26-22)16-9-7-6-8-10-25(30)21(3)4/h11-14,18,20-21H,6-10,15-17,19H2,1-5H3. The average molecular weight is 461 g/mol. The summed E-state index contributed by atoms with van der Waals surface area (Å²) in [6.07, 6.45) is 8.10. The van der Waals surface area contributed by atoms with Gasteiger partial charge in [0.15, 0.2) is 0 Å². The number of carbonyl (C=O) groups excluding carboxylic acids is 1. The molecule has 1 aromatic carbocycles. The number of nitrogens with zero attached hydrogens (tertiary/aromatic N) is 4. The Kier molecular flexibility index (Phi) is 11.6. The minimum Gasteiger partial charge on any atom is -0.487 e. The van der Waals surface area contributed by atoms with Crippen molar-refractivity contribution in [1.82, 2.24) is 15.0 Å². The molecule has 0 atom stereocenters. The highest BCUT2D eigenvalue weighted by Gasteiger charge is 2.07. The second-order valence-corrected chi connectivity index (χ2v) is 10.3. The fourth-order valence-electron chi connectivity index (χ4n) is 3.14. The first kappa shape index (κ1) is 26.2. The van der Waals surface area contributed by atoms with Crippen molar-refractivity contribution in [3.63, 3.8) is 0 Å². The van der Waals surface area contributed by atoms with Crippen LogP contribution in [0.2, 0.25) is 0 Å². The number of Topliss-reactive ketones (excluding diaryl/α,β-unsaturated/α-hetero) is 1. The van der Waals surface area contributed by atoms with Gasteiger partial charge in [0.1, 0.15) is 23.8 Å². The van der Waals surface area contributed by atoms with Crippen LogP contribution in [-0.4, -0.2) is 33.6 Å². The van der Waals surface area contributed by atoms with Gasteiger partial charge in [0, 0.05) is 37.4 Å². The lowest BCUT2D eigenvalue weighted by atomic mass is 10.0. The molecule has 0 N–H and O–H groups in total. The third-order valence-electron chi connectivity index (χ3n) is 5.36. The smallest absolute Gasteiger partial charge is 0.135 e. The van der Waals surface area contributed by atoms with E-state index in [0.29, 0.717) is 18.8 Å². The summed E-state index contributed by atoms with van der Waals surface area (Å²) in [7, 11) is 2.10. The van der Waals surface area contributed by atoms with E-state index in [1.54, 1.807) is 0 Å². The summed E-state index contributed by atoms with van der Waals surface area (Å²) >= 11 is 1.85. The normalized spacial score (nSPS) is 11.3. The molecule has 0 fully saturated rings. The molecule has 0 aliphatic carbocycles. The summed E-state index contributed by atoms with van der Waals surface area (Å²) in [5.41, 5.74) is 2.00. The number of aryl methyl sites for hydroxylation is 1. The highest BCUT2D eigenvalue weighted by atomic mass is 32.2. The number of benzene rings is 1. The molecule has 1 heterocycles. The number of aromatic nitrogens is 3. The van der Waals surface area contributed by atoms with Crippen molar-refractivity contribution in [3.8, 4) is 5.75 Å². The first-order chi connectivity index (χ1) is 15.3. The van der Waals surface area contributed by atoms with Crippen molar-refractivity contribution in [2.24, 2.45) is 11.8 Å². The van der Waals surface area contributed by atoms with E-state index in [0.717, 1.165) is 55.3 Å². The molecule has 0 spiro atoms. The van der Waals surface area contributed by atoms with Crippen LogP contribution >= 0.6 is 11.9 Å². The number of hydrogen-bond donors (Lipinski definition) is 0. The van der Waals surface area contributed by atoms with E-state index in [9.17, 15) is 4.79 Å². The first-order valence-electron chi connectivity index (χ1n) is 11.9. The zero-order valence-electron chi connectivity index (χ0n) is 20.4. The van der Waals surface area contributed by atoms with Gasteiger partial charge in [0.25, 0.3) is 0 Å². The molecule has 0 bridgehead atoms. The third kappa shape index (κ3) is 10.1. The van der Waals surface area contributed by atoms with Crippen LogP contribution < -0.4 is 9.04 Å². The Hall–Kier alpha value is -2.02. The number of unbranched alkanes of at least 4 members (excludes halogenated alkanes) is 3. The maximum atomic E-state index is 11.6. The number of ether oxygens (including phenoxy) is 1. The summed E-state index contributed by atoms with van der Waals surface area (Å²) in [5.74, 6) is 3.22. The van der Waals surface area contributed by atoms with Gasteiger partial charge in [0.2, 0.25) is 0 Å². The van der Waals surface area contributed by atoms with Crippen LogP contribution in [0.15, 0.2) is 30.5 Å². The van der Waals surface area contributed by atoms with Crippen molar-refractivity contribution in [1.29, 1.82) is 0 Å². The van der Waals surface area contributed by atoms with Crippen LogP contribution in [-0.2, 0) is 17.9 Å². The summed E-state index contributed by atoms with van der Waals surface area (Å²) in [6, 6.07) is 8.18. The lowest BCUT2D eigenvalue weighted by Gasteiger charge is -2.18. The van der Waals surface area contributed by atoms with Gasteiger partial charge in [0.05, 0.1) is 6.20 Å². The number of ketones is 1. The highest BCUT2D eigenvalue weighted by Crippen LogP contribution is 2.24. The fourth-order valence-corrected chi connectivity index (χ4v) is 4.26. The molecule has 0 saturated carbocycles. The maximum absolute atomic E-state index is 11.6. The van der Waals surface area contributed by atoms with Crippen molar-refractivity contribution < 1.29 is 9.53 Å². The molecule has 2 rings (SSSR count). The third-order valence-corrected chi connectivity index (χ3v) is 6.37. The van der Waals surface area contributed by atoms with Gasteiger partial charge < -0.3 is 9.04 Å². The van der Waals surface area contributed by atoms with Crippen LogP contribution in [0.5, 0.6) is 5.75 Å². The Bertz CT molecular complexity index is 789. The monoisotopic (exact) mass is 460 g/mol. The van der Waals surface area contributed by atoms with E-state index in [4.69, 9.17) is 4.74 Å². The quantitative estimate of drug-likeness (QED) is 0.221. The molecule has 32 heavy (non-hydrogen) atoms. The summed E-state index contributed by atoms with van der Waals surface area (Å²) in [6.45, 7) is 9.71. The van der Waals surface area contributed by atoms with Gasteiger partial charge in [-0.25, -0.2) is 0 Å². The Morgan fingerprint density at radius 3 is 2.50 bits per heavy atom. The van der Waals surface area contributed by atoms with Crippen molar-refractivity contribution in [3.05, 3.63) is 36.2 Å². The Morgan fingerprint density at radius 2 is 1.81 bits per heavy atom. The van der Waals surface area contributed by atoms with E-state index >= 15 is 0 Å². The minimum atomic E-state index is 0.156. The second-order valence-electron chi connectivity index (χ2n) is 9.05. The Balaban J connectivity index is 1.65. The Morgan fingerprint density at radius 1 is 1.09 bits per heavy atom. The molecule has 0 aliphatic heterocycles. The molecule has 0 saturated heterocycles. The van der Waals surface area contributed by atoms with E-state index < -0.39 is 0 Å². The molecule has 0 aliphatic rings. The average Bonchev–Trinajstić information content (AvgIpc) is 3.22. The fraction of sp³-hybridized carbons (Fsp3) is 0.640. The van der Waals surface area contributed by atoms with E-state index in [1.165, 1.54) is 12.1 Å². The van der Waals surface area contributed by atoms with E-state index in [-0.39, 0.29) is 5.92 Å². The van der Waals surface area contributed by atoms with Gasteiger partial charge in [-0.3, -0.25) is 9.48 Å². The summed E-state index contributed by atoms with van der Waals surface area (Å²) < 4.78 is 9.97. The van der Waals surface area contributed by atoms with Gasteiger partial charge in [-0.15, -0.1) is 5.10 Å². The van der Waals surface area contributed by atoms with Crippen LogP contribution in [0.1, 0.15) is 71.9 Å². The first-order valence-corrected chi connectivity index (χ1v) is 12.8. The largest absolute Gasteiger partial charge is 0.487 e. The zero-order chi connectivity index (χ0) is 23.3.